The maximum absolute atomic E-state index is 14.2. The van der Waals surface area contributed by atoms with Gasteiger partial charge in [0.1, 0.15) is 5.82 Å². The van der Waals surface area contributed by atoms with Crippen molar-refractivity contribution in [1.82, 2.24) is 0 Å². The maximum atomic E-state index is 14.2. The molecule has 1 aromatic rings. The van der Waals surface area contributed by atoms with Crippen LogP contribution in [0, 0.1) is 5.82 Å². The highest BCUT2D eigenvalue weighted by Gasteiger charge is 2.53. The lowest BCUT2D eigenvalue weighted by Crippen LogP contribution is -2.41. The fourth-order valence-corrected chi connectivity index (χ4v) is 2.27. The Morgan fingerprint density at radius 3 is 2.05 bits per heavy atom. The van der Waals surface area contributed by atoms with Crippen LogP contribution in [0.1, 0.15) is 53.0 Å². The Labute approximate surface area is 115 Å². The summed E-state index contributed by atoms with van der Waals surface area (Å²) in [6.07, 6.45) is 0. The summed E-state index contributed by atoms with van der Waals surface area (Å²) in [7, 11) is -0.636. The molecule has 0 radical (unpaired) electrons. The van der Waals surface area contributed by atoms with Gasteiger partial charge in [-0.2, -0.15) is 0 Å². The van der Waals surface area contributed by atoms with Crippen molar-refractivity contribution in [2.45, 2.75) is 58.7 Å². The van der Waals surface area contributed by atoms with Crippen LogP contribution in [0.15, 0.2) is 18.2 Å². The first-order valence-electron chi connectivity index (χ1n) is 6.79. The first-order chi connectivity index (χ1) is 8.66. The molecule has 0 amide bonds. The van der Waals surface area contributed by atoms with Crippen LogP contribution in [0.2, 0.25) is 0 Å². The highest BCUT2D eigenvalue weighted by atomic mass is 19.1. The molecule has 4 heteroatoms. The zero-order chi connectivity index (χ0) is 14.4. The second-order valence-electron chi connectivity index (χ2n) is 6.49. The Hall–Kier alpha value is -0.865. The van der Waals surface area contributed by atoms with Gasteiger partial charge in [-0.05, 0) is 45.2 Å². The first-order valence-corrected chi connectivity index (χ1v) is 6.79. The quantitative estimate of drug-likeness (QED) is 0.763. The normalized spacial score (nSPS) is 21.2. The number of hydrogen-bond acceptors (Lipinski definition) is 2. The Morgan fingerprint density at radius 2 is 1.58 bits per heavy atom. The standard InChI is InChI=1S/C15H22BFO2/c1-10(2)11-8-7-9-12(17)13(11)16-18-14(3,4)15(5,6)19-16/h7-10H,1-6H3. The van der Waals surface area contributed by atoms with E-state index in [4.69, 9.17) is 9.31 Å². The highest BCUT2D eigenvalue weighted by Crippen LogP contribution is 2.37. The van der Waals surface area contributed by atoms with Gasteiger partial charge >= 0.3 is 7.12 Å². The van der Waals surface area contributed by atoms with Crippen LogP contribution in [0.4, 0.5) is 4.39 Å². The number of halogens is 1. The minimum Gasteiger partial charge on any atom is -0.399 e. The third kappa shape index (κ3) is 2.44. The minimum atomic E-state index is -0.636. The van der Waals surface area contributed by atoms with Gasteiger partial charge in [-0.3, -0.25) is 0 Å². The molecule has 2 rings (SSSR count). The summed E-state index contributed by atoms with van der Waals surface area (Å²) in [5, 5.41) is 0. The van der Waals surface area contributed by atoms with Gasteiger partial charge in [0.25, 0.3) is 0 Å². The van der Waals surface area contributed by atoms with E-state index < -0.39 is 18.3 Å². The molecule has 1 fully saturated rings. The van der Waals surface area contributed by atoms with Crippen molar-refractivity contribution in [2.75, 3.05) is 0 Å². The molecule has 1 saturated heterocycles. The van der Waals surface area contributed by atoms with Gasteiger partial charge < -0.3 is 9.31 Å². The van der Waals surface area contributed by atoms with Crippen LogP contribution in [-0.4, -0.2) is 18.3 Å². The Balaban J connectivity index is 2.45. The van der Waals surface area contributed by atoms with Gasteiger partial charge in [0.15, 0.2) is 0 Å². The molecular formula is C15H22BFO2. The predicted molar refractivity (Wildman–Crippen MR) is 76.2 cm³/mol. The number of benzene rings is 1. The molecule has 19 heavy (non-hydrogen) atoms. The topological polar surface area (TPSA) is 18.5 Å². The van der Waals surface area contributed by atoms with E-state index in [9.17, 15) is 4.39 Å². The second-order valence-corrected chi connectivity index (χ2v) is 6.49. The van der Waals surface area contributed by atoms with E-state index in [1.54, 1.807) is 6.07 Å². The molecule has 2 nitrogen and oxygen atoms in total. The minimum absolute atomic E-state index is 0.227. The average molecular weight is 264 g/mol. The van der Waals surface area contributed by atoms with Crippen LogP contribution >= 0.6 is 0 Å². The molecule has 0 saturated carbocycles. The molecule has 1 aromatic carbocycles. The van der Waals surface area contributed by atoms with Crippen molar-refractivity contribution in [3.05, 3.63) is 29.6 Å². The van der Waals surface area contributed by atoms with Gasteiger partial charge in [0.05, 0.1) is 11.2 Å². The first kappa shape index (κ1) is 14.5. The highest BCUT2D eigenvalue weighted by molar-refractivity contribution is 6.62. The number of hydrogen-bond donors (Lipinski definition) is 0. The van der Waals surface area contributed by atoms with Crippen molar-refractivity contribution in [1.29, 1.82) is 0 Å². The summed E-state index contributed by atoms with van der Waals surface area (Å²) in [6, 6.07) is 5.14. The van der Waals surface area contributed by atoms with Crippen molar-refractivity contribution in [2.24, 2.45) is 0 Å². The second kappa shape index (κ2) is 4.60. The molecule has 0 spiro atoms. The smallest absolute Gasteiger partial charge is 0.399 e. The Bertz CT molecular complexity index is 467. The number of rotatable bonds is 2. The molecule has 0 N–H and O–H groups in total. The summed E-state index contributed by atoms with van der Waals surface area (Å²) in [6.45, 7) is 12.0. The molecule has 1 aliphatic heterocycles. The van der Waals surface area contributed by atoms with Gasteiger partial charge in [0.2, 0.25) is 0 Å². The Morgan fingerprint density at radius 1 is 1.05 bits per heavy atom. The van der Waals surface area contributed by atoms with E-state index >= 15 is 0 Å². The van der Waals surface area contributed by atoms with Crippen LogP contribution < -0.4 is 5.46 Å². The van der Waals surface area contributed by atoms with E-state index in [0.29, 0.717) is 5.46 Å². The SMILES string of the molecule is CC(C)c1cccc(F)c1B1OC(C)(C)C(C)(C)O1. The van der Waals surface area contributed by atoms with Crippen molar-refractivity contribution in [3.8, 4) is 0 Å². The summed E-state index contributed by atoms with van der Waals surface area (Å²) in [4.78, 5) is 0. The van der Waals surface area contributed by atoms with E-state index in [1.807, 2.05) is 47.6 Å². The summed E-state index contributed by atoms with van der Waals surface area (Å²) in [5.41, 5.74) is 0.581. The monoisotopic (exact) mass is 264 g/mol. The van der Waals surface area contributed by atoms with E-state index in [1.165, 1.54) is 6.07 Å². The zero-order valence-electron chi connectivity index (χ0n) is 12.6. The largest absolute Gasteiger partial charge is 0.498 e. The van der Waals surface area contributed by atoms with Crippen molar-refractivity contribution < 1.29 is 13.7 Å². The summed E-state index contributed by atoms with van der Waals surface area (Å²) >= 11 is 0. The molecule has 1 heterocycles. The zero-order valence-corrected chi connectivity index (χ0v) is 12.6. The Kier molecular flexibility index (Phi) is 3.52. The molecule has 1 aliphatic rings. The van der Waals surface area contributed by atoms with Crippen molar-refractivity contribution in [3.63, 3.8) is 0 Å². The van der Waals surface area contributed by atoms with Crippen LogP contribution in [-0.2, 0) is 9.31 Å². The van der Waals surface area contributed by atoms with Gasteiger partial charge in [-0.25, -0.2) is 4.39 Å². The molecule has 0 atom stereocenters. The summed E-state index contributed by atoms with van der Waals surface area (Å²) < 4.78 is 26.1. The predicted octanol–water partition coefficient (Wildman–Crippen LogP) is 3.25. The lowest BCUT2D eigenvalue weighted by Gasteiger charge is -2.32. The van der Waals surface area contributed by atoms with Gasteiger partial charge in [-0.15, -0.1) is 0 Å². The van der Waals surface area contributed by atoms with Crippen LogP contribution in [0.25, 0.3) is 0 Å². The third-order valence-electron chi connectivity index (χ3n) is 4.20. The molecule has 104 valence electrons. The van der Waals surface area contributed by atoms with Crippen LogP contribution in [0.5, 0.6) is 0 Å². The van der Waals surface area contributed by atoms with E-state index in [0.717, 1.165) is 5.56 Å². The maximum Gasteiger partial charge on any atom is 0.498 e. The van der Waals surface area contributed by atoms with Gasteiger partial charge in [0, 0.05) is 5.46 Å². The van der Waals surface area contributed by atoms with Crippen LogP contribution in [0.3, 0.4) is 0 Å². The fourth-order valence-electron chi connectivity index (χ4n) is 2.27. The van der Waals surface area contributed by atoms with Crippen molar-refractivity contribution >= 4 is 12.6 Å². The molecule has 0 aliphatic carbocycles. The van der Waals surface area contributed by atoms with E-state index in [2.05, 4.69) is 0 Å². The molecular weight excluding hydrogens is 242 g/mol. The fraction of sp³-hybridized carbons (Fsp3) is 0.600. The van der Waals surface area contributed by atoms with E-state index in [-0.39, 0.29) is 11.7 Å². The molecule has 0 unspecified atom stereocenters. The van der Waals surface area contributed by atoms with Gasteiger partial charge in [-0.1, -0.05) is 26.0 Å². The molecule has 0 aromatic heterocycles. The third-order valence-corrected chi connectivity index (χ3v) is 4.20. The lowest BCUT2D eigenvalue weighted by atomic mass is 9.73. The summed E-state index contributed by atoms with van der Waals surface area (Å²) in [5.74, 6) is -0.0329. The molecule has 0 bridgehead atoms. The lowest BCUT2D eigenvalue weighted by molar-refractivity contribution is 0.00578. The average Bonchev–Trinajstić information content (AvgIpc) is 2.47.